The van der Waals surface area contributed by atoms with Gasteiger partial charge in [0, 0.05) is 19.4 Å². The second-order valence-electron chi connectivity index (χ2n) is 5.96. The molecule has 5 nitrogen and oxygen atoms in total. The second kappa shape index (κ2) is 6.80. The maximum atomic E-state index is 12.5. The van der Waals surface area contributed by atoms with E-state index >= 15 is 0 Å². The number of alkyl halides is 3. The Kier molecular flexibility index (Phi) is 5.17. The van der Waals surface area contributed by atoms with Crippen molar-refractivity contribution >= 4 is 11.9 Å². The molecule has 132 valence electrons. The predicted octanol–water partition coefficient (Wildman–Crippen LogP) is 2.56. The van der Waals surface area contributed by atoms with Gasteiger partial charge < -0.3 is 15.2 Å². The van der Waals surface area contributed by atoms with Crippen LogP contribution < -0.4 is 5.32 Å². The van der Waals surface area contributed by atoms with Crippen molar-refractivity contribution in [3.63, 3.8) is 0 Å². The lowest BCUT2D eigenvalue weighted by molar-refractivity contribution is -0.147. The molecule has 1 fully saturated rings. The molecular formula is C16H18F3NO4. The first-order valence-electron chi connectivity index (χ1n) is 7.43. The first-order chi connectivity index (χ1) is 11.1. The molecule has 2 unspecified atom stereocenters. The molecule has 1 aliphatic heterocycles. The van der Waals surface area contributed by atoms with Crippen LogP contribution >= 0.6 is 0 Å². The van der Waals surface area contributed by atoms with Crippen LogP contribution in [0.5, 0.6) is 0 Å². The number of halogens is 3. The van der Waals surface area contributed by atoms with Crippen molar-refractivity contribution in [3.05, 3.63) is 35.4 Å². The summed E-state index contributed by atoms with van der Waals surface area (Å²) in [5, 5.41) is 11.8. The third-order valence-corrected chi connectivity index (χ3v) is 4.11. The zero-order valence-electron chi connectivity index (χ0n) is 13.0. The average Bonchev–Trinajstić information content (AvgIpc) is 2.96. The number of hydrogen-bond acceptors (Lipinski definition) is 3. The molecule has 1 saturated heterocycles. The summed E-state index contributed by atoms with van der Waals surface area (Å²) in [6.45, 7) is 1.85. The summed E-state index contributed by atoms with van der Waals surface area (Å²) in [5.41, 5.74) is -1.60. The number of carboxylic acids is 1. The van der Waals surface area contributed by atoms with Crippen LogP contribution in [0.2, 0.25) is 0 Å². The SMILES string of the molecule is CC(CC(=O)NC1(C(=O)O)CCOC1)c1ccc(C(F)(F)F)cc1. The maximum Gasteiger partial charge on any atom is 0.416 e. The number of carboxylic acid groups (broad SMARTS) is 1. The zero-order valence-corrected chi connectivity index (χ0v) is 13.0. The number of carbonyl (C=O) groups is 2. The van der Waals surface area contributed by atoms with Gasteiger partial charge in [0.05, 0.1) is 12.2 Å². The van der Waals surface area contributed by atoms with Crippen LogP contribution in [-0.2, 0) is 20.5 Å². The molecule has 1 heterocycles. The van der Waals surface area contributed by atoms with E-state index in [1.165, 1.54) is 12.1 Å². The van der Waals surface area contributed by atoms with Crippen LogP contribution in [0, 0.1) is 0 Å². The van der Waals surface area contributed by atoms with Gasteiger partial charge in [-0.15, -0.1) is 0 Å². The first-order valence-corrected chi connectivity index (χ1v) is 7.43. The molecule has 8 heteroatoms. The van der Waals surface area contributed by atoms with Crippen LogP contribution in [0.4, 0.5) is 13.2 Å². The number of carbonyl (C=O) groups excluding carboxylic acids is 1. The molecule has 0 radical (unpaired) electrons. The van der Waals surface area contributed by atoms with Crippen LogP contribution in [0.1, 0.15) is 36.8 Å². The standard InChI is InChI=1S/C16H18F3NO4/c1-10(11-2-4-12(5-3-11)16(17,18)19)8-13(21)20-15(14(22)23)6-7-24-9-15/h2-5,10H,6-9H2,1H3,(H,20,21)(H,22,23). The van der Waals surface area contributed by atoms with Crippen molar-refractivity contribution in [3.8, 4) is 0 Å². The topological polar surface area (TPSA) is 75.6 Å². The van der Waals surface area contributed by atoms with E-state index < -0.39 is 29.2 Å². The van der Waals surface area contributed by atoms with Crippen LogP contribution in [-0.4, -0.2) is 35.7 Å². The average molecular weight is 345 g/mol. The number of hydrogen-bond donors (Lipinski definition) is 2. The number of rotatable bonds is 5. The highest BCUT2D eigenvalue weighted by molar-refractivity contribution is 5.87. The minimum Gasteiger partial charge on any atom is -0.479 e. The predicted molar refractivity (Wildman–Crippen MR) is 78.4 cm³/mol. The second-order valence-corrected chi connectivity index (χ2v) is 5.96. The van der Waals surface area contributed by atoms with Crippen molar-refractivity contribution < 1.29 is 32.6 Å². The van der Waals surface area contributed by atoms with Gasteiger partial charge in [-0.2, -0.15) is 13.2 Å². The molecule has 1 aromatic carbocycles. The van der Waals surface area contributed by atoms with Crippen LogP contribution in [0.3, 0.4) is 0 Å². The monoisotopic (exact) mass is 345 g/mol. The van der Waals surface area contributed by atoms with Gasteiger partial charge in [-0.25, -0.2) is 4.79 Å². The van der Waals surface area contributed by atoms with E-state index in [4.69, 9.17) is 4.74 Å². The minimum atomic E-state index is -4.41. The van der Waals surface area contributed by atoms with E-state index in [0.717, 1.165) is 12.1 Å². The summed E-state index contributed by atoms with van der Waals surface area (Å²) in [6, 6.07) is 4.58. The van der Waals surface area contributed by atoms with E-state index in [9.17, 15) is 27.9 Å². The van der Waals surface area contributed by atoms with E-state index in [2.05, 4.69) is 5.32 Å². The van der Waals surface area contributed by atoms with Gasteiger partial charge in [0.15, 0.2) is 5.54 Å². The molecule has 0 saturated carbocycles. The summed E-state index contributed by atoms with van der Waals surface area (Å²) >= 11 is 0. The third kappa shape index (κ3) is 4.05. The Balaban J connectivity index is 2.00. The molecule has 0 aliphatic carbocycles. The van der Waals surface area contributed by atoms with Crippen LogP contribution in [0.25, 0.3) is 0 Å². The Labute approximate surface area is 136 Å². The van der Waals surface area contributed by atoms with Crippen molar-refractivity contribution in [2.24, 2.45) is 0 Å². The highest BCUT2D eigenvalue weighted by atomic mass is 19.4. The summed E-state index contributed by atoms with van der Waals surface area (Å²) in [7, 11) is 0. The first kappa shape index (κ1) is 18.3. The quantitative estimate of drug-likeness (QED) is 0.860. The summed E-state index contributed by atoms with van der Waals surface area (Å²) in [4.78, 5) is 23.5. The molecule has 0 aromatic heterocycles. The summed E-state index contributed by atoms with van der Waals surface area (Å²) < 4.78 is 42.7. The van der Waals surface area contributed by atoms with Gasteiger partial charge in [-0.05, 0) is 23.6 Å². The fourth-order valence-corrected chi connectivity index (χ4v) is 2.60. The van der Waals surface area contributed by atoms with Crippen molar-refractivity contribution in [2.45, 2.75) is 37.4 Å². The molecule has 2 rings (SSSR count). The fraction of sp³-hybridized carbons (Fsp3) is 0.500. The van der Waals surface area contributed by atoms with Gasteiger partial charge in [0.25, 0.3) is 0 Å². The number of aliphatic carboxylic acids is 1. The molecule has 24 heavy (non-hydrogen) atoms. The van der Waals surface area contributed by atoms with Crippen molar-refractivity contribution in [2.75, 3.05) is 13.2 Å². The highest BCUT2D eigenvalue weighted by Crippen LogP contribution is 2.30. The van der Waals surface area contributed by atoms with Crippen LogP contribution in [0.15, 0.2) is 24.3 Å². The van der Waals surface area contributed by atoms with E-state index in [1.807, 2.05) is 0 Å². The maximum absolute atomic E-state index is 12.5. The molecule has 2 atom stereocenters. The zero-order chi connectivity index (χ0) is 18.0. The largest absolute Gasteiger partial charge is 0.479 e. The fourth-order valence-electron chi connectivity index (χ4n) is 2.60. The van der Waals surface area contributed by atoms with E-state index in [0.29, 0.717) is 5.56 Å². The number of benzene rings is 1. The van der Waals surface area contributed by atoms with Gasteiger partial charge >= 0.3 is 12.1 Å². The van der Waals surface area contributed by atoms with Gasteiger partial charge in [0.2, 0.25) is 5.91 Å². The Morgan fingerprint density at radius 1 is 1.33 bits per heavy atom. The molecule has 1 aliphatic rings. The smallest absolute Gasteiger partial charge is 0.416 e. The Bertz CT molecular complexity index is 607. The number of amides is 1. The number of ether oxygens (including phenoxy) is 1. The van der Waals surface area contributed by atoms with Gasteiger partial charge in [0.1, 0.15) is 0 Å². The number of nitrogens with one attached hydrogen (secondary N) is 1. The Hall–Kier alpha value is -2.09. The lowest BCUT2D eigenvalue weighted by atomic mass is 9.94. The summed E-state index contributed by atoms with van der Waals surface area (Å²) in [6.07, 6.45) is -4.25. The van der Waals surface area contributed by atoms with Gasteiger partial charge in [-0.3, -0.25) is 4.79 Å². The van der Waals surface area contributed by atoms with E-state index in [1.54, 1.807) is 6.92 Å². The third-order valence-electron chi connectivity index (χ3n) is 4.11. The van der Waals surface area contributed by atoms with Crippen molar-refractivity contribution in [1.82, 2.24) is 5.32 Å². The molecule has 1 aromatic rings. The molecule has 0 bridgehead atoms. The molecule has 2 N–H and O–H groups in total. The molecule has 0 spiro atoms. The molecular weight excluding hydrogens is 327 g/mol. The van der Waals surface area contributed by atoms with Crippen molar-refractivity contribution in [1.29, 1.82) is 0 Å². The lowest BCUT2D eigenvalue weighted by Gasteiger charge is -2.24. The Morgan fingerprint density at radius 2 is 1.96 bits per heavy atom. The van der Waals surface area contributed by atoms with E-state index in [-0.39, 0.29) is 32.0 Å². The summed E-state index contributed by atoms with van der Waals surface area (Å²) in [5.74, 6) is -1.98. The van der Waals surface area contributed by atoms with Gasteiger partial charge in [-0.1, -0.05) is 19.1 Å². The lowest BCUT2D eigenvalue weighted by Crippen LogP contribution is -2.55. The Morgan fingerprint density at radius 3 is 2.42 bits per heavy atom. The molecule has 1 amide bonds. The minimum absolute atomic E-state index is 0.0274. The highest BCUT2D eigenvalue weighted by Gasteiger charge is 2.44. The normalized spacial score (nSPS) is 22.2.